The minimum absolute atomic E-state index is 0.117. The average molecular weight is 268 g/mol. The standard InChI is InChI=1S/C16H16N2O2/c1-5-13-7-6-8-14(9-13)17-16(19)10(2)15-11(3)18-20-12(15)4/h1,6-10H,2-4H3,(H,17,19). The zero-order valence-electron chi connectivity index (χ0n) is 11.7. The first-order chi connectivity index (χ1) is 9.52. The number of rotatable bonds is 3. The number of amides is 1. The molecule has 0 saturated carbocycles. The van der Waals surface area contributed by atoms with Crippen LogP contribution in [0.25, 0.3) is 0 Å². The van der Waals surface area contributed by atoms with Gasteiger partial charge in [-0.3, -0.25) is 4.79 Å². The molecule has 2 aromatic rings. The van der Waals surface area contributed by atoms with Crippen LogP contribution in [0.1, 0.15) is 35.4 Å². The Balaban J connectivity index is 2.18. The Morgan fingerprint density at radius 2 is 2.20 bits per heavy atom. The number of terminal acetylenes is 1. The number of hydrogen-bond acceptors (Lipinski definition) is 3. The van der Waals surface area contributed by atoms with Crippen LogP contribution in [0.5, 0.6) is 0 Å². The quantitative estimate of drug-likeness (QED) is 0.870. The molecule has 4 nitrogen and oxygen atoms in total. The van der Waals surface area contributed by atoms with Crippen LogP contribution < -0.4 is 5.32 Å². The lowest BCUT2D eigenvalue weighted by Gasteiger charge is -2.12. The molecule has 1 atom stereocenters. The molecule has 1 heterocycles. The molecule has 0 saturated heterocycles. The molecule has 0 aliphatic carbocycles. The summed E-state index contributed by atoms with van der Waals surface area (Å²) in [7, 11) is 0. The van der Waals surface area contributed by atoms with Gasteiger partial charge in [-0.05, 0) is 39.0 Å². The van der Waals surface area contributed by atoms with Crippen molar-refractivity contribution in [2.75, 3.05) is 5.32 Å². The van der Waals surface area contributed by atoms with Crippen LogP contribution in [0.3, 0.4) is 0 Å². The third-order valence-corrected chi connectivity index (χ3v) is 3.21. The van der Waals surface area contributed by atoms with Gasteiger partial charge in [0.15, 0.2) is 0 Å². The van der Waals surface area contributed by atoms with Crippen molar-refractivity contribution >= 4 is 11.6 Å². The number of benzene rings is 1. The van der Waals surface area contributed by atoms with E-state index in [1.165, 1.54) is 0 Å². The second kappa shape index (κ2) is 5.62. The number of carbonyl (C=O) groups excluding carboxylic acids is 1. The van der Waals surface area contributed by atoms with Crippen molar-refractivity contribution in [2.24, 2.45) is 0 Å². The summed E-state index contributed by atoms with van der Waals surface area (Å²) in [6.07, 6.45) is 5.34. The molecule has 1 amide bonds. The summed E-state index contributed by atoms with van der Waals surface area (Å²) in [5.41, 5.74) is 2.98. The summed E-state index contributed by atoms with van der Waals surface area (Å²) in [5.74, 6) is 2.75. The van der Waals surface area contributed by atoms with E-state index in [9.17, 15) is 4.79 Å². The van der Waals surface area contributed by atoms with E-state index < -0.39 is 0 Å². The maximum Gasteiger partial charge on any atom is 0.231 e. The molecule has 102 valence electrons. The van der Waals surface area contributed by atoms with Crippen LogP contribution in [0.4, 0.5) is 5.69 Å². The molecule has 0 spiro atoms. The first-order valence-electron chi connectivity index (χ1n) is 6.33. The van der Waals surface area contributed by atoms with Gasteiger partial charge in [0.2, 0.25) is 5.91 Å². The van der Waals surface area contributed by atoms with Gasteiger partial charge < -0.3 is 9.84 Å². The van der Waals surface area contributed by atoms with Gasteiger partial charge in [-0.15, -0.1) is 6.42 Å². The Kier molecular flexibility index (Phi) is 3.90. The highest BCUT2D eigenvalue weighted by molar-refractivity contribution is 5.96. The molecule has 0 radical (unpaired) electrons. The van der Waals surface area contributed by atoms with Crippen molar-refractivity contribution in [3.05, 3.63) is 46.8 Å². The predicted molar refractivity (Wildman–Crippen MR) is 77.4 cm³/mol. The highest BCUT2D eigenvalue weighted by Crippen LogP contribution is 2.24. The van der Waals surface area contributed by atoms with Crippen LogP contribution in [0.2, 0.25) is 0 Å². The minimum Gasteiger partial charge on any atom is -0.361 e. The van der Waals surface area contributed by atoms with Crippen LogP contribution in [0, 0.1) is 26.2 Å². The fraction of sp³-hybridized carbons (Fsp3) is 0.250. The lowest BCUT2D eigenvalue weighted by Crippen LogP contribution is -2.19. The first-order valence-corrected chi connectivity index (χ1v) is 6.33. The van der Waals surface area contributed by atoms with Gasteiger partial charge >= 0.3 is 0 Å². The fourth-order valence-corrected chi connectivity index (χ4v) is 2.18. The zero-order chi connectivity index (χ0) is 14.7. The van der Waals surface area contributed by atoms with Crippen molar-refractivity contribution in [3.8, 4) is 12.3 Å². The normalized spacial score (nSPS) is 11.7. The second-order valence-electron chi connectivity index (χ2n) is 4.67. The summed E-state index contributed by atoms with van der Waals surface area (Å²) >= 11 is 0. The Bertz CT molecular complexity index is 661. The van der Waals surface area contributed by atoms with Gasteiger partial charge in [0.1, 0.15) is 5.76 Å². The summed E-state index contributed by atoms with van der Waals surface area (Å²) in [4.78, 5) is 12.3. The number of anilines is 1. The average Bonchev–Trinajstić information content (AvgIpc) is 2.77. The van der Waals surface area contributed by atoms with E-state index in [0.717, 1.165) is 16.8 Å². The van der Waals surface area contributed by atoms with Gasteiger partial charge in [-0.1, -0.05) is 17.1 Å². The lowest BCUT2D eigenvalue weighted by atomic mass is 9.98. The molecule has 1 aromatic heterocycles. The van der Waals surface area contributed by atoms with Gasteiger partial charge in [0, 0.05) is 16.8 Å². The molecule has 0 bridgehead atoms. The number of carbonyl (C=O) groups is 1. The summed E-state index contributed by atoms with van der Waals surface area (Å²) in [6.45, 7) is 5.46. The Labute approximate surface area is 118 Å². The maximum atomic E-state index is 12.3. The molecule has 1 N–H and O–H groups in total. The van der Waals surface area contributed by atoms with Gasteiger partial charge in [0.05, 0.1) is 11.6 Å². The van der Waals surface area contributed by atoms with Gasteiger partial charge in [-0.2, -0.15) is 0 Å². The fourth-order valence-electron chi connectivity index (χ4n) is 2.18. The summed E-state index contributed by atoms with van der Waals surface area (Å²) in [6, 6.07) is 7.19. The first kappa shape index (κ1) is 13.9. The van der Waals surface area contributed by atoms with Crippen molar-refractivity contribution in [1.29, 1.82) is 0 Å². The highest BCUT2D eigenvalue weighted by Gasteiger charge is 2.22. The Morgan fingerprint density at radius 1 is 1.45 bits per heavy atom. The molecular weight excluding hydrogens is 252 g/mol. The van der Waals surface area contributed by atoms with Gasteiger partial charge in [-0.25, -0.2) is 0 Å². The predicted octanol–water partition coefficient (Wildman–Crippen LogP) is 3.01. The summed E-state index contributed by atoms with van der Waals surface area (Å²) < 4.78 is 5.10. The highest BCUT2D eigenvalue weighted by atomic mass is 16.5. The lowest BCUT2D eigenvalue weighted by molar-refractivity contribution is -0.117. The van der Waals surface area contributed by atoms with E-state index in [1.807, 2.05) is 26.0 Å². The number of nitrogens with zero attached hydrogens (tertiary/aromatic N) is 1. The van der Waals surface area contributed by atoms with E-state index in [0.29, 0.717) is 11.4 Å². The number of hydrogen-bond donors (Lipinski definition) is 1. The minimum atomic E-state index is -0.337. The third kappa shape index (κ3) is 2.72. The molecule has 1 unspecified atom stereocenters. The Hall–Kier alpha value is -2.54. The van der Waals surface area contributed by atoms with Crippen molar-refractivity contribution < 1.29 is 9.32 Å². The molecule has 0 aliphatic heterocycles. The largest absolute Gasteiger partial charge is 0.361 e. The van der Waals surface area contributed by atoms with Crippen LogP contribution in [-0.2, 0) is 4.79 Å². The van der Waals surface area contributed by atoms with Crippen LogP contribution in [-0.4, -0.2) is 11.1 Å². The van der Waals surface area contributed by atoms with E-state index in [2.05, 4.69) is 16.4 Å². The molecule has 20 heavy (non-hydrogen) atoms. The number of aryl methyl sites for hydroxylation is 2. The maximum absolute atomic E-state index is 12.3. The van der Waals surface area contributed by atoms with Gasteiger partial charge in [0.25, 0.3) is 0 Å². The van der Waals surface area contributed by atoms with Crippen molar-refractivity contribution in [3.63, 3.8) is 0 Å². The topological polar surface area (TPSA) is 55.1 Å². The van der Waals surface area contributed by atoms with E-state index in [1.54, 1.807) is 19.1 Å². The monoisotopic (exact) mass is 268 g/mol. The van der Waals surface area contributed by atoms with Crippen LogP contribution in [0.15, 0.2) is 28.8 Å². The van der Waals surface area contributed by atoms with E-state index in [4.69, 9.17) is 10.9 Å². The molecule has 2 rings (SSSR count). The van der Waals surface area contributed by atoms with E-state index in [-0.39, 0.29) is 11.8 Å². The molecular formula is C16H16N2O2. The SMILES string of the molecule is C#Cc1cccc(NC(=O)C(C)c2c(C)noc2C)c1. The zero-order valence-corrected chi connectivity index (χ0v) is 11.7. The molecule has 0 aliphatic rings. The van der Waals surface area contributed by atoms with E-state index >= 15 is 0 Å². The van der Waals surface area contributed by atoms with Crippen molar-refractivity contribution in [2.45, 2.75) is 26.7 Å². The third-order valence-electron chi connectivity index (χ3n) is 3.21. The number of aromatic nitrogens is 1. The van der Waals surface area contributed by atoms with Crippen LogP contribution >= 0.6 is 0 Å². The number of nitrogens with one attached hydrogen (secondary N) is 1. The molecule has 1 aromatic carbocycles. The molecule has 0 fully saturated rings. The summed E-state index contributed by atoms with van der Waals surface area (Å²) in [5, 5.41) is 6.73. The Morgan fingerprint density at radius 3 is 2.80 bits per heavy atom. The molecule has 4 heteroatoms. The second-order valence-corrected chi connectivity index (χ2v) is 4.67. The van der Waals surface area contributed by atoms with Crippen molar-refractivity contribution in [1.82, 2.24) is 5.16 Å². The smallest absolute Gasteiger partial charge is 0.231 e.